The van der Waals surface area contributed by atoms with Crippen LogP contribution in [0.4, 0.5) is 11.4 Å². The van der Waals surface area contributed by atoms with Crippen LogP contribution in [0.2, 0.25) is 0 Å². The zero-order valence-corrected chi connectivity index (χ0v) is 32.1. The van der Waals surface area contributed by atoms with Crippen LogP contribution in [0.25, 0.3) is 11.1 Å². The molecule has 3 atom stereocenters. The van der Waals surface area contributed by atoms with Crippen LogP contribution in [0, 0.1) is 5.92 Å². The second-order valence-corrected chi connectivity index (χ2v) is 16.5. The van der Waals surface area contributed by atoms with Gasteiger partial charge in [0, 0.05) is 81.6 Å². The fraction of sp³-hybridized carbons (Fsp3) is 0.391. The van der Waals surface area contributed by atoms with Gasteiger partial charge in [0.25, 0.3) is 0 Å². The minimum Gasteiger partial charge on any atom is -0.508 e. The number of alkyl halides is 1. The van der Waals surface area contributed by atoms with E-state index in [1.165, 1.54) is 59.4 Å². The Labute approximate surface area is 329 Å². The third-order valence-corrected chi connectivity index (χ3v) is 13.0. The number of piperazine rings is 1. The first-order valence-corrected chi connectivity index (χ1v) is 20.6. The number of anilines is 2. The lowest BCUT2D eigenvalue weighted by Gasteiger charge is -2.58. The summed E-state index contributed by atoms with van der Waals surface area (Å²) in [5.74, 6) is 1.21. The number of phenolic OH excluding ortho intramolecular Hbond substituents is 1. The standard InChI is InChI=1S/C46H50ClN5O3/c47-21-18-42(32-4-2-1-3-5-32)45(34-9-14-41(53)15-10-34)33-6-11-37(12-7-33)49-22-19-31(20-23-49)26-52-39-25-40(52)30-50(29-39)38-13-8-35-27-51(28-36(35)24-38)43-16-17-44(54)48-46(43)55/h1-15,24,31,39-40,43,53H,16-23,25-30H2,(H,48,54,55). The minimum atomic E-state index is -0.217. The summed E-state index contributed by atoms with van der Waals surface area (Å²) < 4.78 is 0. The molecule has 55 heavy (non-hydrogen) atoms. The first kappa shape index (κ1) is 36.0. The number of rotatable bonds is 10. The molecule has 6 heterocycles. The molecular weight excluding hydrogens is 706 g/mol. The molecule has 8 nitrogen and oxygen atoms in total. The number of hydrogen-bond donors (Lipinski definition) is 2. The highest BCUT2D eigenvalue weighted by atomic mass is 35.5. The zero-order valence-electron chi connectivity index (χ0n) is 31.4. The van der Waals surface area contributed by atoms with Crippen molar-refractivity contribution in [3.05, 3.63) is 125 Å². The van der Waals surface area contributed by atoms with Crippen molar-refractivity contribution >= 4 is 45.9 Å². The molecule has 5 saturated heterocycles. The highest BCUT2D eigenvalue weighted by Gasteiger charge is 2.45. The fourth-order valence-corrected chi connectivity index (χ4v) is 10.0. The van der Waals surface area contributed by atoms with Crippen molar-refractivity contribution in [3.63, 3.8) is 0 Å². The lowest BCUT2D eigenvalue weighted by Crippen LogP contribution is -2.69. The number of imide groups is 1. The average molecular weight is 756 g/mol. The first-order chi connectivity index (χ1) is 26.9. The van der Waals surface area contributed by atoms with Crippen LogP contribution < -0.4 is 15.1 Å². The predicted octanol–water partition coefficient (Wildman–Crippen LogP) is 7.28. The number of allylic oxidation sites excluding steroid dienone is 1. The van der Waals surface area contributed by atoms with Crippen LogP contribution in [-0.4, -0.2) is 83.5 Å². The van der Waals surface area contributed by atoms with Crippen molar-refractivity contribution in [2.24, 2.45) is 5.92 Å². The average Bonchev–Trinajstić information content (AvgIpc) is 3.64. The highest BCUT2D eigenvalue weighted by Crippen LogP contribution is 2.40. The van der Waals surface area contributed by atoms with Gasteiger partial charge in [0.1, 0.15) is 5.75 Å². The van der Waals surface area contributed by atoms with Crippen LogP contribution >= 0.6 is 11.6 Å². The van der Waals surface area contributed by atoms with E-state index < -0.39 is 0 Å². The van der Waals surface area contributed by atoms with E-state index in [1.54, 1.807) is 12.1 Å². The van der Waals surface area contributed by atoms with E-state index in [4.69, 9.17) is 11.6 Å². The Hall–Kier alpha value is -4.63. The maximum Gasteiger partial charge on any atom is 0.243 e. The molecule has 6 aliphatic rings. The van der Waals surface area contributed by atoms with Crippen molar-refractivity contribution in [3.8, 4) is 5.75 Å². The molecule has 4 aromatic carbocycles. The SMILES string of the molecule is O=C1CCC(N2Cc3ccc(N4CC5CC(C4)N5CC4CCN(c5ccc(C(=C(CCCl)c6ccccc6)c6ccc(O)cc6)cc5)CC4)cc3C2)C(=O)N1. The van der Waals surface area contributed by atoms with Crippen LogP contribution in [0.5, 0.6) is 5.75 Å². The van der Waals surface area contributed by atoms with E-state index in [-0.39, 0.29) is 23.6 Å². The number of carbonyl (C=O) groups excluding carboxylic acids is 2. The summed E-state index contributed by atoms with van der Waals surface area (Å²) in [6.45, 7) is 7.05. The number of nitrogens with zero attached hydrogens (tertiary/aromatic N) is 4. The number of phenols is 1. The van der Waals surface area contributed by atoms with E-state index >= 15 is 0 Å². The predicted molar refractivity (Wildman–Crippen MR) is 220 cm³/mol. The third kappa shape index (κ3) is 7.40. The summed E-state index contributed by atoms with van der Waals surface area (Å²) in [5, 5.41) is 12.6. The summed E-state index contributed by atoms with van der Waals surface area (Å²) >= 11 is 6.38. The van der Waals surface area contributed by atoms with Gasteiger partial charge < -0.3 is 14.9 Å². The molecule has 2 amide bonds. The second-order valence-electron chi connectivity index (χ2n) is 16.2. The summed E-state index contributed by atoms with van der Waals surface area (Å²) in [5.41, 5.74) is 10.9. The Balaban J connectivity index is 0.806. The van der Waals surface area contributed by atoms with Gasteiger partial charge in [0.15, 0.2) is 0 Å². The van der Waals surface area contributed by atoms with Gasteiger partial charge in [-0.2, -0.15) is 0 Å². The highest BCUT2D eigenvalue weighted by molar-refractivity contribution is 6.18. The van der Waals surface area contributed by atoms with Crippen molar-refractivity contribution < 1.29 is 14.7 Å². The monoisotopic (exact) mass is 755 g/mol. The molecule has 2 bridgehead atoms. The molecule has 0 aliphatic carbocycles. The van der Waals surface area contributed by atoms with Crippen molar-refractivity contribution in [1.82, 2.24) is 15.1 Å². The number of hydrogen-bond acceptors (Lipinski definition) is 7. The van der Waals surface area contributed by atoms with Crippen LogP contribution in [0.15, 0.2) is 97.1 Å². The van der Waals surface area contributed by atoms with Crippen LogP contribution in [0.3, 0.4) is 0 Å². The minimum absolute atomic E-state index is 0.147. The first-order valence-electron chi connectivity index (χ1n) is 20.1. The van der Waals surface area contributed by atoms with Gasteiger partial charge in [-0.15, -0.1) is 11.6 Å². The Morgan fingerprint density at radius 2 is 1.42 bits per heavy atom. The summed E-state index contributed by atoms with van der Waals surface area (Å²) in [6, 6.07) is 35.0. The largest absolute Gasteiger partial charge is 0.508 e. The summed E-state index contributed by atoms with van der Waals surface area (Å²) in [7, 11) is 0. The van der Waals surface area contributed by atoms with Crippen LogP contribution in [-0.2, 0) is 22.7 Å². The number of piperidine rings is 3. The molecule has 0 spiro atoms. The van der Waals surface area contributed by atoms with Gasteiger partial charge in [0.2, 0.25) is 11.8 Å². The summed E-state index contributed by atoms with van der Waals surface area (Å²) in [4.78, 5) is 34.3. The molecule has 0 saturated carbocycles. The molecule has 6 aliphatic heterocycles. The van der Waals surface area contributed by atoms with E-state index in [0.717, 1.165) is 68.3 Å². The third-order valence-electron chi connectivity index (χ3n) is 12.8. The zero-order chi connectivity index (χ0) is 37.5. The number of nitrogens with one attached hydrogen (secondary N) is 1. The Morgan fingerprint density at radius 1 is 0.745 bits per heavy atom. The van der Waals surface area contributed by atoms with Crippen molar-refractivity contribution in [2.45, 2.75) is 69.7 Å². The maximum absolute atomic E-state index is 12.5. The number of aromatic hydroxyl groups is 1. The fourth-order valence-electron chi connectivity index (χ4n) is 9.85. The molecule has 2 N–H and O–H groups in total. The smallest absolute Gasteiger partial charge is 0.243 e. The molecule has 10 rings (SSSR count). The van der Waals surface area contributed by atoms with E-state index in [1.807, 2.05) is 18.2 Å². The van der Waals surface area contributed by atoms with E-state index in [9.17, 15) is 14.7 Å². The number of halogens is 1. The Morgan fingerprint density at radius 3 is 2.11 bits per heavy atom. The van der Waals surface area contributed by atoms with Gasteiger partial charge in [-0.1, -0.05) is 60.7 Å². The summed E-state index contributed by atoms with van der Waals surface area (Å²) in [6.07, 6.45) is 5.49. The number of carbonyl (C=O) groups is 2. The Kier molecular flexibility index (Phi) is 10.1. The maximum atomic E-state index is 12.5. The number of fused-ring (bicyclic) bond motifs is 3. The second kappa shape index (κ2) is 15.5. The van der Waals surface area contributed by atoms with Gasteiger partial charge in [-0.25, -0.2) is 0 Å². The molecule has 284 valence electrons. The topological polar surface area (TPSA) is 79.4 Å². The lowest BCUT2D eigenvalue weighted by atomic mass is 9.84. The van der Waals surface area contributed by atoms with Gasteiger partial charge in [-0.05, 0) is 113 Å². The van der Waals surface area contributed by atoms with Crippen molar-refractivity contribution in [2.75, 3.05) is 48.4 Å². The van der Waals surface area contributed by atoms with E-state index in [2.05, 4.69) is 91.6 Å². The number of amides is 2. The molecule has 3 unspecified atom stereocenters. The molecule has 5 fully saturated rings. The molecular formula is C46H50ClN5O3. The van der Waals surface area contributed by atoms with E-state index in [0.29, 0.717) is 30.8 Å². The van der Waals surface area contributed by atoms with Gasteiger partial charge in [0.05, 0.1) is 6.04 Å². The molecule has 4 aromatic rings. The van der Waals surface area contributed by atoms with Crippen molar-refractivity contribution in [1.29, 1.82) is 0 Å². The lowest BCUT2D eigenvalue weighted by molar-refractivity contribution is -0.137. The molecule has 0 radical (unpaired) electrons. The Bertz CT molecular complexity index is 2050. The molecule has 0 aromatic heterocycles. The van der Waals surface area contributed by atoms with Gasteiger partial charge >= 0.3 is 0 Å². The molecule has 9 heteroatoms. The normalized spacial score (nSPS) is 23.6. The van der Waals surface area contributed by atoms with Crippen LogP contribution in [0.1, 0.15) is 66.3 Å². The quantitative estimate of drug-likeness (QED) is 0.100. The van der Waals surface area contributed by atoms with Gasteiger partial charge in [-0.3, -0.25) is 24.7 Å². The number of benzene rings is 4.